The monoisotopic (exact) mass is 329 g/mol. The number of hydrogen-bond acceptors (Lipinski definition) is 4. The Balaban J connectivity index is 1.65. The smallest absolute Gasteiger partial charge is 0.331 e. The molecule has 2 heterocycles. The lowest BCUT2D eigenvalue weighted by Gasteiger charge is -2.19. The molecule has 1 aliphatic rings. The first kappa shape index (κ1) is 16.0. The first-order valence-corrected chi connectivity index (χ1v) is 7.70. The quantitative estimate of drug-likeness (QED) is 0.873. The number of carboxylic acid groups (broad SMARTS) is 1. The molecule has 3 rings (SSSR count). The number of rotatable bonds is 5. The van der Waals surface area contributed by atoms with E-state index in [1.165, 1.54) is 10.9 Å². The van der Waals surface area contributed by atoms with Crippen molar-refractivity contribution in [3.05, 3.63) is 41.6 Å². The van der Waals surface area contributed by atoms with Gasteiger partial charge < -0.3 is 15.2 Å². The van der Waals surface area contributed by atoms with Crippen molar-refractivity contribution < 1.29 is 19.4 Å². The molecular formula is C17H19N3O4. The van der Waals surface area contributed by atoms with Crippen LogP contribution in [0.2, 0.25) is 0 Å². The maximum atomic E-state index is 12.2. The zero-order valence-corrected chi connectivity index (χ0v) is 13.6. The van der Waals surface area contributed by atoms with Crippen LogP contribution in [0.15, 0.2) is 30.5 Å². The molecule has 0 radical (unpaired) electrons. The van der Waals surface area contributed by atoms with E-state index in [0.29, 0.717) is 12.4 Å². The molecule has 7 nitrogen and oxygen atoms in total. The van der Waals surface area contributed by atoms with Gasteiger partial charge in [-0.05, 0) is 31.0 Å². The topological polar surface area (TPSA) is 93.5 Å². The zero-order valence-electron chi connectivity index (χ0n) is 13.6. The summed E-state index contributed by atoms with van der Waals surface area (Å²) in [5.41, 5.74) is 0.845. The van der Waals surface area contributed by atoms with Crippen LogP contribution in [0.5, 0.6) is 5.75 Å². The number of hydrogen-bond donors (Lipinski definition) is 2. The highest BCUT2D eigenvalue weighted by Crippen LogP contribution is 2.26. The molecule has 0 bridgehead atoms. The van der Waals surface area contributed by atoms with Gasteiger partial charge in [0, 0.05) is 18.7 Å². The normalized spacial score (nSPS) is 13.2. The highest BCUT2D eigenvalue weighted by Gasteiger charge is 2.30. The molecule has 126 valence electrons. The van der Waals surface area contributed by atoms with Crippen molar-refractivity contribution in [2.24, 2.45) is 0 Å². The number of fused-ring (bicyclic) bond motifs is 1. The van der Waals surface area contributed by atoms with Crippen LogP contribution in [0.4, 0.5) is 5.82 Å². The summed E-state index contributed by atoms with van der Waals surface area (Å²) in [5, 5.41) is 16.0. The van der Waals surface area contributed by atoms with Crippen LogP contribution >= 0.6 is 0 Å². The summed E-state index contributed by atoms with van der Waals surface area (Å²) >= 11 is 0. The van der Waals surface area contributed by atoms with E-state index in [0.717, 1.165) is 23.3 Å². The molecule has 7 heteroatoms. The van der Waals surface area contributed by atoms with Gasteiger partial charge in [0.25, 0.3) is 0 Å². The minimum absolute atomic E-state index is 0.202. The Morgan fingerprint density at radius 1 is 1.38 bits per heavy atom. The number of aromatic nitrogens is 2. The van der Waals surface area contributed by atoms with Crippen LogP contribution in [0.25, 0.3) is 0 Å². The first-order chi connectivity index (χ1) is 11.4. The van der Waals surface area contributed by atoms with E-state index in [1.807, 2.05) is 18.2 Å². The van der Waals surface area contributed by atoms with E-state index in [1.54, 1.807) is 19.9 Å². The van der Waals surface area contributed by atoms with Gasteiger partial charge in [-0.15, -0.1) is 0 Å². The predicted octanol–water partition coefficient (Wildman–Crippen LogP) is 1.82. The first-order valence-electron chi connectivity index (χ1n) is 7.70. The van der Waals surface area contributed by atoms with E-state index in [9.17, 15) is 14.7 Å². The van der Waals surface area contributed by atoms with Gasteiger partial charge in [0.05, 0.1) is 13.0 Å². The Morgan fingerprint density at radius 3 is 2.92 bits per heavy atom. The second-order valence-corrected chi connectivity index (χ2v) is 6.28. The van der Waals surface area contributed by atoms with Crippen molar-refractivity contribution in [2.45, 2.75) is 32.2 Å². The number of benzene rings is 1. The minimum Gasteiger partial charge on any atom is -0.493 e. The highest BCUT2D eigenvalue weighted by atomic mass is 16.5. The lowest BCUT2D eigenvalue weighted by molar-refractivity contribution is -0.146. The van der Waals surface area contributed by atoms with Crippen LogP contribution in [-0.4, -0.2) is 33.4 Å². The molecule has 2 N–H and O–H groups in total. The van der Waals surface area contributed by atoms with E-state index < -0.39 is 11.5 Å². The molecule has 1 aromatic heterocycles. The molecule has 1 aliphatic heterocycles. The largest absolute Gasteiger partial charge is 0.493 e. The van der Waals surface area contributed by atoms with Crippen molar-refractivity contribution >= 4 is 17.7 Å². The summed E-state index contributed by atoms with van der Waals surface area (Å²) in [5.74, 6) is 0.0173. The van der Waals surface area contributed by atoms with Crippen LogP contribution in [-0.2, 0) is 28.0 Å². The third kappa shape index (κ3) is 3.10. The number of amides is 1. The molecule has 0 unspecified atom stereocenters. The van der Waals surface area contributed by atoms with Gasteiger partial charge in [-0.25, -0.2) is 4.79 Å². The van der Waals surface area contributed by atoms with Crippen molar-refractivity contribution in [3.63, 3.8) is 0 Å². The fourth-order valence-electron chi connectivity index (χ4n) is 2.52. The summed E-state index contributed by atoms with van der Waals surface area (Å²) in [4.78, 5) is 23.4. The Hall–Kier alpha value is -2.83. The Bertz CT molecular complexity index is 795. The lowest BCUT2D eigenvalue weighted by Crippen LogP contribution is -2.36. The number of ether oxygens (including phenoxy) is 1. The van der Waals surface area contributed by atoms with Crippen molar-refractivity contribution in [1.82, 2.24) is 9.78 Å². The zero-order chi connectivity index (χ0) is 17.3. The number of carbonyl (C=O) groups excluding carboxylic acids is 1. The van der Waals surface area contributed by atoms with Gasteiger partial charge in [-0.3, -0.25) is 9.48 Å². The number of carbonyl (C=O) groups is 2. The number of anilines is 1. The average molecular weight is 329 g/mol. The summed E-state index contributed by atoms with van der Waals surface area (Å²) < 4.78 is 6.76. The van der Waals surface area contributed by atoms with E-state index in [2.05, 4.69) is 10.4 Å². The molecule has 0 aliphatic carbocycles. The molecule has 0 spiro atoms. The van der Waals surface area contributed by atoms with E-state index >= 15 is 0 Å². The summed E-state index contributed by atoms with van der Waals surface area (Å²) in [6.07, 6.45) is 2.62. The molecule has 0 atom stereocenters. The maximum absolute atomic E-state index is 12.2. The van der Waals surface area contributed by atoms with Gasteiger partial charge in [0.2, 0.25) is 5.91 Å². The summed E-state index contributed by atoms with van der Waals surface area (Å²) in [6, 6.07) is 7.32. The van der Waals surface area contributed by atoms with Crippen LogP contribution in [0, 0.1) is 0 Å². The van der Waals surface area contributed by atoms with Crippen molar-refractivity contribution in [3.8, 4) is 5.75 Å². The molecule has 0 fully saturated rings. The highest BCUT2D eigenvalue weighted by molar-refractivity contribution is 5.91. The van der Waals surface area contributed by atoms with Crippen molar-refractivity contribution in [1.29, 1.82) is 0 Å². The Kier molecular flexibility index (Phi) is 4.01. The maximum Gasteiger partial charge on any atom is 0.331 e. The summed E-state index contributed by atoms with van der Waals surface area (Å²) in [6.45, 7) is 3.77. The molecule has 24 heavy (non-hydrogen) atoms. The number of nitrogens with zero attached hydrogens (tertiary/aromatic N) is 2. The lowest BCUT2D eigenvalue weighted by atomic mass is 10.1. The average Bonchev–Trinajstić information content (AvgIpc) is 3.15. The predicted molar refractivity (Wildman–Crippen MR) is 87.2 cm³/mol. The third-order valence-electron chi connectivity index (χ3n) is 4.07. The standard InChI is InChI=1S/C17H19N3O4/c1-17(2,16(22)23)20-7-5-14(19-20)18-15(21)10-11-3-4-13-12(9-11)6-8-24-13/h3-5,7,9H,6,8,10H2,1-2H3,(H,22,23)(H,18,19,21). The Morgan fingerprint density at radius 2 is 2.17 bits per heavy atom. The van der Waals surface area contributed by atoms with Crippen LogP contribution in [0.3, 0.4) is 0 Å². The molecular weight excluding hydrogens is 310 g/mol. The molecule has 2 aromatic rings. The van der Waals surface area contributed by atoms with Gasteiger partial charge in [0.15, 0.2) is 11.4 Å². The summed E-state index contributed by atoms with van der Waals surface area (Å²) in [7, 11) is 0. The van der Waals surface area contributed by atoms with Crippen LogP contribution < -0.4 is 10.1 Å². The van der Waals surface area contributed by atoms with E-state index in [4.69, 9.17) is 4.74 Å². The molecule has 0 saturated heterocycles. The number of carboxylic acids is 1. The number of aliphatic carboxylic acids is 1. The van der Waals surface area contributed by atoms with Gasteiger partial charge in [-0.1, -0.05) is 12.1 Å². The van der Waals surface area contributed by atoms with E-state index in [-0.39, 0.29) is 12.3 Å². The molecule has 1 amide bonds. The third-order valence-corrected chi connectivity index (χ3v) is 4.07. The second-order valence-electron chi connectivity index (χ2n) is 6.28. The molecule has 0 saturated carbocycles. The fourth-order valence-corrected chi connectivity index (χ4v) is 2.52. The van der Waals surface area contributed by atoms with Crippen molar-refractivity contribution in [2.75, 3.05) is 11.9 Å². The van der Waals surface area contributed by atoms with Crippen LogP contribution in [0.1, 0.15) is 25.0 Å². The van der Waals surface area contributed by atoms with Gasteiger partial charge >= 0.3 is 5.97 Å². The SMILES string of the molecule is CC(C)(C(=O)O)n1ccc(NC(=O)Cc2ccc3c(c2)CCO3)n1. The number of nitrogens with one attached hydrogen (secondary N) is 1. The molecule has 1 aromatic carbocycles. The van der Waals surface area contributed by atoms with Gasteiger partial charge in [0.1, 0.15) is 5.75 Å². The second kappa shape index (κ2) is 5.99. The van der Waals surface area contributed by atoms with Gasteiger partial charge in [-0.2, -0.15) is 5.10 Å². The minimum atomic E-state index is -1.18. The Labute approximate surface area is 139 Å². The fraction of sp³-hybridized carbons (Fsp3) is 0.353.